The van der Waals surface area contributed by atoms with Gasteiger partial charge in [0.15, 0.2) is 0 Å². The van der Waals surface area contributed by atoms with E-state index in [0.29, 0.717) is 0 Å². The van der Waals surface area contributed by atoms with Crippen molar-refractivity contribution in [3.8, 4) is 0 Å². The number of aryl methyl sites for hydroxylation is 2. The van der Waals surface area contributed by atoms with E-state index in [1.54, 1.807) is 0 Å². The van der Waals surface area contributed by atoms with Gasteiger partial charge >= 0.3 is 5.97 Å². The van der Waals surface area contributed by atoms with E-state index in [-0.39, 0.29) is 6.42 Å². The molecule has 2 N–H and O–H groups in total. The molecule has 0 amide bonds. The first-order valence-corrected chi connectivity index (χ1v) is 5.86. The van der Waals surface area contributed by atoms with Gasteiger partial charge in [0.1, 0.15) is 11.6 Å². The average molecular weight is 237 g/mol. The zero-order valence-corrected chi connectivity index (χ0v) is 10.4. The Balaban J connectivity index is 2.20. The molecule has 0 aromatic carbocycles. The van der Waals surface area contributed by atoms with Crippen LogP contribution in [-0.4, -0.2) is 27.6 Å². The molecule has 0 spiro atoms. The van der Waals surface area contributed by atoms with Crippen molar-refractivity contribution in [2.75, 3.05) is 11.9 Å². The normalized spacial score (nSPS) is 10.2. The Morgan fingerprint density at radius 2 is 2.06 bits per heavy atom. The van der Waals surface area contributed by atoms with Gasteiger partial charge in [-0.25, -0.2) is 9.97 Å². The van der Waals surface area contributed by atoms with Crippen molar-refractivity contribution in [2.24, 2.45) is 0 Å². The number of rotatable bonds is 7. The smallest absolute Gasteiger partial charge is 0.303 e. The molecular formula is C12H19N3O2. The van der Waals surface area contributed by atoms with E-state index in [2.05, 4.69) is 15.3 Å². The van der Waals surface area contributed by atoms with Crippen molar-refractivity contribution in [1.29, 1.82) is 0 Å². The minimum atomic E-state index is -0.722. The topological polar surface area (TPSA) is 75.1 Å². The number of aliphatic carboxylic acids is 1. The first-order valence-electron chi connectivity index (χ1n) is 5.86. The van der Waals surface area contributed by atoms with Crippen LogP contribution in [0.15, 0.2) is 6.07 Å². The quantitative estimate of drug-likeness (QED) is 0.711. The number of carbonyl (C=O) groups is 1. The summed E-state index contributed by atoms with van der Waals surface area (Å²) in [7, 11) is 0. The van der Waals surface area contributed by atoms with Crippen molar-refractivity contribution >= 4 is 11.8 Å². The van der Waals surface area contributed by atoms with Gasteiger partial charge in [0, 0.05) is 24.7 Å². The van der Waals surface area contributed by atoms with Crippen molar-refractivity contribution in [3.63, 3.8) is 0 Å². The molecule has 0 saturated carbocycles. The minimum Gasteiger partial charge on any atom is -0.481 e. The first-order chi connectivity index (χ1) is 8.08. The Hall–Kier alpha value is -1.65. The monoisotopic (exact) mass is 237 g/mol. The maximum Gasteiger partial charge on any atom is 0.303 e. The molecule has 1 heterocycles. The summed E-state index contributed by atoms with van der Waals surface area (Å²) in [6, 6.07) is 1.91. The summed E-state index contributed by atoms with van der Waals surface area (Å²) in [4.78, 5) is 18.8. The lowest BCUT2D eigenvalue weighted by Crippen LogP contribution is -2.05. The second-order valence-corrected chi connectivity index (χ2v) is 4.07. The summed E-state index contributed by atoms with van der Waals surface area (Å²) in [5, 5.41) is 11.7. The summed E-state index contributed by atoms with van der Waals surface area (Å²) in [6.07, 6.45) is 2.86. The summed E-state index contributed by atoms with van der Waals surface area (Å²) in [5.41, 5.74) is 0.950. The molecule has 17 heavy (non-hydrogen) atoms. The van der Waals surface area contributed by atoms with E-state index in [4.69, 9.17) is 5.11 Å². The number of nitrogens with one attached hydrogen (secondary N) is 1. The molecule has 0 aliphatic heterocycles. The van der Waals surface area contributed by atoms with E-state index in [9.17, 15) is 4.79 Å². The Labute approximate surface area is 101 Å². The van der Waals surface area contributed by atoms with Gasteiger partial charge in [-0.05, 0) is 26.7 Å². The molecule has 0 bridgehead atoms. The molecule has 0 radical (unpaired) electrons. The highest BCUT2D eigenvalue weighted by Crippen LogP contribution is 2.06. The van der Waals surface area contributed by atoms with Crippen LogP contribution in [0.25, 0.3) is 0 Å². The third kappa shape index (κ3) is 5.85. The predicted molar refractivity (Wildman–Crippen MR) is 66.1 cm³/mol. The third-order valence-electron chi connectivity index (χ3n) is 2.34. The van der Waals surface area contributed by atoms with Crippen molar-refractivity contribution in [2.45, 2.75) is 39.5 Å². The summed E-state index contributed by atoms with van der Waals surface area (Å²) in [5.74, 6) is 0.881. The second-order valence-electron chi connectivity index (χ2n) is 4.07. The van der Waals surface area contributed by atoms with Gasteiger partial charge in [-0.1, -0.05) is 6.42 Å². The SMILES string of the molecule is Cc1cc(NCCCCCC(=O)O)nc(C)n1. The van der Waals surface area contributed by atoms with E-state index in [1.165, 1.54) is 0 Å². The van der Waals surface area contributed by atoms with E-state index >= 15 is 0 Å². The highest BCUT2D eigenvalue weighted by molar-refractivity contribution is 5.66. The molecule has 0 unspecified atom stereocenters. The minimum absolute atomic E-state index is 0.256. The van der Waals surface area contributed by atoms with E-state index in [0.717, 1.165) is 43.1 Å². The van der Waals surface area contributed by atoms with Gasteiger partial charge in [0.2, 0.25) is 0 Å². The molecule has 1 aromatic heterocycles. The van der Waals surface area contributed by atoms with Gasteiger partial charge in [-0.2, -0.15) is 0 Å². The number of nitrogens with zero attached hydrogens (tertiary/aromatic N) is 2. The highest BCUT2D eigenvalue weighted by atomic mass is 16.4. The molecule has 5 heteroatoms. The van der Waals surface area contributed by atoms with Crippen LogP contribution in [-0.2, 0) is 4.79 Å². The standard InChI is InChI=1S/C12H19N3O2/c1-9-8-11(15-10(2)14-9)13-7-5-3-4-6-12(16)17/h8H,3-7H2,1-2H3,(H,16,17)(H,13,14,15). The summed E-state index contributed by atoms with van der Waals surface area (Å²) < 4.78 is 0. The van der Waals surface area contributed by atoms with Crippen LogP contribution in [0.2, 0.25) is 0 Å². The highest BCUT2D eigenvalue weighted by Gasteiger charge is 1.99. The van der Waals surface area contributed by atoms with Gasteiger partial charge in [-0.3, -0.25) is 4.79 Å². The maximum absolute atomic E-state index is 10.3. The number of hydrogen-bond acceptors (Lipinski definition) is 4. The zero-order valence-electron chi connectivity index (χ0n) is 10.4. The van der Waals surface area contributed by atoms with Gasteiger partial charge in [0.25, 0.3) is 0 Å². The van der Waals surface area contributed by atoms with Crippen LogP contribution >= 0.6 is 0 Å². The third-order valence-corrected chi connectivity index (χ3v) is 2.34. The van der Waals surface area contributed by atoms with E-state index in [1.807, 2.05) is 19.9 Å². The lowest BCUT2D eigenvalue weighted by molar-refractivity contribution is -0.137. The van der Waals surface area contributed by atoms with Gasteiger partial charge < -0.3 is 10.4 Å². The second kappa shape index (κ2) is 6.83. The predicted octanol–water partition coefficient (Wildman–Crippen LogP) is 2.15. The first kappa shape index (κ1) is 13.4. The number of unbranched alkanes of at least 4 members (excludes halogenated alkanes) is 2. The molecule has 0 fully saturated rings. The number of carboxylic acid groups (broad SMARTS) is 1. The Morgan fingerprint density at radius 3 is 2.71 bits per heavy atom. The van der Waals surface area contributed by atoms with Crippen LogP contribution in [0.4, 0.5) is 5.82 Å². The van der Waals surface area contributed by atoms with Crippen LogP contribution in [0.1, 0.15) is 37.2 Å². The fourth-order valence-corrected chi connectivity index (χ4v) is 1.60. The molecule has 0 aliphatic carbocycles. The van der Waals surface area contributed by atoms with Crippen LogP contribution < -0.4 is 5.32 Å². The average Bonchev–Trinajstić information content (AvgIpc) is 2.21. The Kier molecular flexibility index (Phi) is 5.39. The van der Waals surface area contributed by atoms with E-state index < -0.39 is 5.97 Å². The van der Waals surface area contributed by atoms with Crippen molar-refractivity contribution in [1.82, 2.24) is 9.97 Å². The summed E-state index contributed by atoms with van der Waals surface area (Å²) >= 11 is 0. The van der Waals surface area contributed by atoms with Crippen LogP contribution in [0.3, 0.4) is 0 Å². The molecule has 0 saturated heterocycles. The number of carboxylic acids is 1. The molecular weight excluding hydrogens is 218 g/mol. The molecule has 0 aliphatic rings. The fourth-order valence-electron chi connectivity index (χ4n) is 1.60. The van der Waals surface area contributed by atoms with Gasteiger partial charge in [-0.15, -0.1) is 0 Å². The van der Waals surface area contributed by atoms with Crippen LogP contribution in [0.5, 0.6) is 0 Å². The molecule has 5 nitrogen and oxygen atoms in total. The molecule has 0 atom stereocenters. The maximum atomic E-state index is 10.3. The fraction of sp³-hybridized carbons (Fsp3) is 0.583. The largest absolute Gasteiger partial charge is 0.481 e. The van der Waals surface area contributed by atoms with Crippen LogP contribution in [0, 0.1) is 13.8 Å². The van der Waals surface area contributed by atoms with Crippen molar-refractivity contribution < 1.29 is 9.90 Å². The Morgan fingerprint density at radius 1 is 1.29 bits per heavy atom. The number of aromatic nitrogens is 2. The van der Waals surface area contributed by atoms with Gasteiger partial charge in [0.05, 0.1) is 0 Å². The molecule has 1 aromatic rings. The number of anilines is 1. The lowest BCUT2D eigenvalue weighted by Gasteiger charge is -2.06. The number of hydrogen-bond donors (Lipinski definition) is 2. The summed E-state index contributed by atoms with van der Waals surface area (Å²) in [6.45, 7) is 4.62. The molecule has 94 valence electrons. The molecule has 1 rings (SSSR count). The lowest BCUT2D eigenvalue weighted by atomic mass is 10.2. The Bertz CT molecular complexity index is 360. The zero-order chi connectivity index (χ0) is 12.7. The van der Waals surface area contributed by atoms with Crippen molar-refractivity contribution in [3.05, 3.63) is 17.6 Å².